The predicted octanol–water partition coefficient (Wildman–Crippen LogP) is 3.08. The highest BCUT2D eigenvalue weighted by Crippen LogP contribution is 2.24. The number of anilines is 1. The number of aromatic carboxylic acids is 1. The molecule has 2 aromatic rings. The van der Waals surface area contributed by atoms with Crippen LogP contribution in [0.2, 0.25) is 0 Å². The van der Waals surface area contributed by atoms with Crippen molar-refractivity contribution < 1.29 is 19.8 Å². The third kappa shape index (κ3) is 4.21. The highest BCUT2D eigenvalue weighted by Gasteiger charge is 2.28. The van der Waals surface area contributed by atoms with Gasteiger partial charge in [-0.05, 0) is 43.1 Å². The van der Waals surface area contributed by atoms with E-state index in [1.165, 1.54) is 18.2 Å². The van der Waals surface area contributed by atoms with Gasteiger partial charge in [0, 0.05) is 12.2 Å². The van der Waals surface area contributed by atoms with Crippen LogP contribution in [0.25, 0.3) is 0 Å². The zero-order chi connectivity index (χ0) is 18.5. The zero-order valence-corrected chi connectivity index (χ0v) is 14.4. The van der Waals surface area contributed by atoms with Gasteiger partial charge in [-0.1, -0.05) is 36.8 Å². The van der Waals surface area contributed by atoms with Crippen LogP contribution in [0.15, 0.2) is 48.5 Å². The van der Waals surface area contributed by atoms with Crippen molar-refractivity contribution in [2.45, 2.75) is 31.8 Å². The summed E-state index contributed by atoms with van der Waals surface area (Å²) in [5.41, 5.74) is 1.30. The molecule has 0 saturated carbocycles. The van der Waals surface area contributed by atoms with Gasteiger partial charge in [0.15, 0.2) is 0 Å². The van der Waals surface area contributed by atoms with E-state index in [0.717, 1.165) is 31.4 Å². The first-order chi connectivity index (χ1) is 12.5. The van der Waals surface area contributed by atoms with E-state index < -0.39 is 5.97 Å². The molecular weight excluding hydrogens is 332 g/mol. The van der Waals surface area contributed by atoms with Crippen molar-refractivity contribution in [2.24, 2.45) is 0 Å². The number of carbonyl (C=O) groups excluding carboxylic acids is 1. The van der Waals surface area contributed by atoms with E-state index in [1.807, 2.05) is 30.3 Å². The molecule has 0 aliphatic carbocycles. The van der Waals surface area contributed by atoms with E-state index in [2.05, 4.69) is 10.2 Å². The molecule has 0 radical (unpaired) electrons. The first kappa shape index (κ1) is 17.9. The normalized spacial score (nSPS) is 17.6. The van der Waals surface area contributed by atoms with Crippen LogP contribution in [0.1, 0.15) is 35.2 Å². The highest BCUT2D eigenvalue weighted by molar-refractivity contribution is 5.97. The SMILES string of the molecule is O=C(O)c1cc(NC(=O)C2CCCCN2Cc2ccccc2)ccc1O. The third-order valence-electron chi connectivity index (χ3n) is 4.64. The summed E-state index contributed by atoms with van der Waals surface area (Å²) in [6.07, 6.45) is 2.81. The second-order valence-electron chi connectivity index (χ2n) is 6.49. The molecule has 1 amide bonds. The molecule has 2 aromatic carbocycles. The quantitative estimate of drug-likeness (QED) is 0.718. The van der Waals surface area contributed by atoms with Crippen molar-refractivity contribution in [3.05, 3.63) is 59.7 Å². The molecule has 1 unspecified atom stereocenters. The fourth-order valence-electron chi connectivity index (χ4n) is 3.31. The Bertz CT molecular complexity index is 792. The molecule has 0 aromatic heterocycles. The minimum absolute atomic E-state index is 0.150. The Morgan fingerprint density at radius 3 is 2.62 bits per heavy atom. The molecule has 6 nitrogen and oxygen atoms in total. The summed E-state index contributed by atoms with van der Waals surface area (Å²) < 4.78 is 0. The molecule has 136 valence electrons. The summed E-state index contributed by atoms with van der Waals surface area (Å²) in [5.74, 6) is -1.71. The lowest BCUT2D eigenvalue weighted by molar-refractivity contribution is -0.122. The van der Waals surface area contributed by atoms with Crippen molar-refractivity contribution in [2.75, 3.05) is 11.9 Å². The van der Waals surface area contributed by atoms with Crippen LogP contribution < -0.4 is 5.32 Å². The van der Waals surface area contributed by atoms with Gasteiger partial charge in [0.1, 0.15) is 11.3 Å². The number of phenols is 1. The number of nitrogens with one attached hydrogen (secondary N) is 1. The van der Waals surface area contributed by atoms with Crippen LogP contribution in [0.3, 0.4) is 0 Å². The number of hydrogen-bond acceptors (Lipinski definition) is 4. The average Bonchev–Trinajstić information content (AvgIpc) is 2.64. The Labute approximate surface area is 152 Å². The maximum Gasteiger partial charge on any atom is 0.339 e. The molecule has 0 bridgehead atoms. The van der Waals surface area contributed by atoms with Gasteiger partial charge in [-0.25, -0.2) is 4.79 Å². The summed E-state index contributed by atoms with van der Waals surface area (Å²) in [7, 11) is 0. The molecule has 1 fully saturated rings. The summed E-state index contributed by atoms with van der Waals surface area (Å²) in [5, 5.41) is 21.5. The molecule has 26 heavy (non-hydrogen) atoms. The molecule has 3 N–H and O–H groups in total. The minimum Gasteiger partial charge on any atom is -0.507 e. The van der Waals surface area contributed by atoms with E-state index >= 15 is 0 Å². The van der Waals surface area contributed by atoms with E-state index in [-0.39, 0.29) is 23.3 Å². The summed E-state index contributed by atoms with van der Waals surface area (Å²) in [6.45, 7) is 1.55. The second kappa shape index (κ2) is 8.01. The Kier molecular flexibility index (Phi) is 5.53. The number of nitrogens with zero attached hydrogens (tertiary/aromatic N) is 1. The average molecular weight is 354 g/mol. The summed E-state index contributed by atoms with van der Waals surface area (Å²) in [4.78, 5) is 26.1. The van der Waals surface area contributed by atoms with Gasteiger partial charge >= 0.3 is 5.97 Å². The lowest BCUT2D eigenvalue weighted by Gasteiger charge is -2.34. The Morgan fingerprint density at radius 2 is 1.88 bits per heavy atom. The van der Waals surface area contributed by atoms with Crippen molar-refractivity contribution in [3.63, 3.8) is 0 Å². The molecule has 1 atom stereocenters. The largest absolute Gasteiger partial charge is 0.507 e. The fraction of sp³-hybridized carbons (Fsp3) is 0.300. The van der Waals surface area contributed by atoms with Crippen molar-refractivity contribution in [3.8, 4) is 5.75 Å². The molecule has 6 heteroatoms. The van der Waals surface area contributed by atoms with Crippen LogP contribution in [-0.4, -0.2) is 39.6 Å². The van der Waals surface area contributed by atoms with E-state index in [0.29, 0.717) is 12.2 Å². The zero-order valence-electron chi connectivity index (χ0n) is 14.4. The number of carbonyl (C=O) groups is 2. The number of likely N-dealkylation sites (tertiary alicyclic amines) is 1. The number of amides is 1. The highest BCUT2D eigenvalue weighted by atomic mass is 16.4. The fourth-order valence-corrected chi connectivity index (χ4v) is 3.31. The maximum absolute atomic E-state index is 12.8. The standard InChI is InChI=1S/C20H22N2O4/c23-18-10-9-15(12-16(18)20(25)26)21-19(24)17-8-4-5-11-22(17)13-14-6-2-1-3-7-14/h1-3,6-7,9-10,12,17,23H,4-5,8,11,13H2,(H,21,24)(H,25,26). The molecule has 0 spiro atoms. The predicted molar refractivity (Wildman–Crippen MR) is 98.2 cm³/mol. The molecular formula is C20H22N2O4. The molecule has 1 aliphatic rings. The first-order valence-corrected chi connectivity index (χ1v) is 8.70. The molecule has 1 saturated heterocycles. The molecule has 1 heterocycles. The first-order valence-electron chi connectivity index (χ1n) is 8.70. The van der Waals surface area contributed by atoms with E-state index in [1.54, 1.807) is 0 Å². The second-order valence-corrected chi connectivity index (χ2v) is 6.49. The maximum atomic E-state index is 12.8. The summed E-state index contributed by atoms with van der Waals surface area (Å²) in [6, 6.07) is 13.8. The van der Waals surface area contributed by atoms with Crippen LogP contribution >= 0.6 is 0 Å². The lowest BCUT2D eigenvalue weighted by Crippen LogP contribution is -2.46. The number of benzene rings is 2. The summed E-state index contributed by atoms with van der Waals surface area (Å²) >= 11 is 0. The monoisotopic (exact) mass is 354 g/mol. The van der Waals surface area contributed by atoms with Gasteiger partial charge in [0.05, 0.1) is 6.04 Å². The number of piperidine rings is 1. The van der Waals surface area contributed by atoms with Crippen LogP contribution in [0, 0.1) is 0 Å². The number of carboxylic acid groups (broad SMARTS) is 1. The Hall–Kier alpha value is -2.86. The number of carboxylic acids is 1. The lowest BCUT2D eigenvalue weighted by atomic mass is 10.00. The Morgan fingerprint density at radius 1 is 1.12 bits per heavy atom. The van der Waals surface area contributed by atoms with E-state index in [9.17, 15) is 14.7 Å². The topological polar surface area (TPSA) is 89.9 Å². The van der Waals surface area contributed by atoms with Gasteiger partial charge in [-0.3, -0.25) is 9.69 Å². The van der Waals surface area contributed by atoms with Crippen molar-refractivity contribution >= 4 is 17.6 Å². The van der Waals surface area contributed by atoms with Crippen molar-refractivity contribution in [1.29, 1.82) is 0 Å². The smallest absolute Gasteiger partial charge is 0.339 e. The minimum atomic E-state index is -1.23. The van der Waals surface area contributed by atoms with Gasteiger partial charge in [-0.15, -0.1) is 0 Å². The van der Waals surface area contributed by atoms with Crippen molar-refractivity contribution in [1.82, 2.24) is 4.90 Å². The van der Waals surface area contributed by atoms with Crippen LogP contribution in [-0.2, 0) is 11.3 Å². The number of rotatable bonds is 5. The van der Waals surface area contributed by atoms with Gasteiger partial charge in [0.2, 0.25) is 5.91 Å². The number of aromatic hydroxyl groups is 1. The molecule has 1 aliphatic heterocycles. The third-order valence-corrected chi connectivity index (χ3v) is 4.64. The van der Waals surface area contributed by atoms with Crippen LogP contribution in [0.4, 0.5) is 5.69 Å². The van der Waals surface area contributed by atoms with Gasteiger partial charge in [-0.2, -0.15) is 0 Å². The number of hydrogen-bond donors (Lipinski definition) is 3. The van der Waals surface area contributed by atoms with Gasteiger partial charge < -0.3 is 15.5 Å². The molecule has 3 rings (SSSR count). The Balaban J connectivity index is 1.72. The van der Waals surface area contributed by atoms with Crippen LogP contribution in [0.5, 0.6) is 5.75 Å². The van der Waals surface area contributed by atoms with E-state index in [4.69, 9.17) is 5.11 Å². The van der Waals surface area contributed by atoms with Gasteiger partial charge in [0.25, 0.3) is 0 Å².